The molecule has 0 fully saturated rings. The molecule has 108 valence electrons. The first-order valence-electron chi connectivity index (χ1n) is 7.07. The summed E-state index contributed by atoms with van der Waals surface area (Å²) in [6.07, 6.45) is 0. The lowest BCUT2D eigenvalue weighted by Gasteiger charge is -2.11. The van der Waals surface area contributed by atoms with Crippen LogP contribution in [0.5, 0.6) is 0 Å². The summed E-state index contributed by atoms with van der Waals surface area (Å²) in [5, 5.41) is 8.06. The lowest BCUT2D eigenvalue weighted by Crippen LogP contribution is -2.04. The van der Waals surface area contributed by atoms with Crippen LogP contribution in [-0.4, -0.2) is 9.78 Å². The molecule has 0 unspecified atom stereocenters. The van der Waals surface area contributed by atoms with Gasteiger partial charge in [0, 0.05) is 10.9 Å². The van der Waals surface area contributed by atoms with Gasteiger partial charge in [-0.3, -0.25) is 4.68 Å². The fraction of sp³-hybridized carbons (Fsp3) is 0.235. The van der Waals surface area contributed by atoms with Gasteiger partial charge in [-0.15, -0.1) is 0 Å². The molecule has 21 heavy (non-hydrogen) atoms. The van der Waals surface area contributed by atoms with Crippen LogP contribution in [0.15, 0.2) is 52.4 Å². The number of rotatable bonds is 3. The molecule has 0 saturated heterocycles. The molecule has 0 saturated carbocycles. The lowest BCUT2D eigenvalue weighted by atomic mass is 10.1. The van der Waals surface area contributed by atoms with Gasteiger partial charge in [0.1, 0.15) is 5.03 Å². The van der Waals surface area contributed by atoms with Crippen molar-refractivity contribution >= 4 is 28.2 Å². The molecule has 1 aromatic heterocycles. The van der Waals surface area contributed by atoms with Crippen LogP contribution in [0.25, 0.3) is 10.8 Å². The summed E-state index contributed by atoms with van der Waals surface area (Å²) in [5.41, 5.74) is 7.87. The van der Waals surface area contributed by atoms with Gasteiger partial charge in [0.25, 0.3) is 0 Å². The molecule has 0 aliphatic rings. The summed E-state index contributed by atoms with van der Waals surface area (Å²) in [5.74, 6) is 0. The Bertz CT molecular complexity index is 790. The smallest absolute Gasteiger partial charge is 0.122 e. The number of aromatic nitrogens is 2. The van der Waals surface area contributed by atoms with E-state index in [1.54, 1.807) is 11.8 Å². The number of benzene rings is 2. The van der Waals surface area contributed by atoms with Crippen LogP contribution in [0.1, 0.15) is 25.6 Å². The van der Waals surface area contributed by atoms with E-state index in [1.165, 1.54) is 15.7 Å². The molecule has 1 heterocycles. The molecule has 4 heteroatoms. The van der Waals surface area contributed by atoms with Crippen LogP contribution in [0.4, 0.5) is 5.69 Å². The van der Waals surface area contributed by atoms with Gasteiger partial charge < -0.3 is 5.73 Å². The van der Waals surface area contributed by atoms with Gasteiger partial charge in [0.15, 0.2) is 0 Å². The van der Waals surface area contributed by atoms with Gasteiger partial charge in [-0.25, -0.2) is 0 Å². The third kappa shape index (κ3) is 2.63. The van der Waals surface area contributed by atoms with E-state index in [0.717, 1.165) is 16.4 Å². The number of anilines is 1. The molecule has 0 amide bonds. The highest BCUT2D eigenvalue weighted by molar-refractivity contribution is 7.99. The fourth-order valence-corrected chi connectivity index (χ4v) is 3.48. The van der Waals surface area contributed by atoms with Gasteiger partial charge in [0.05, 0.1) is 11.4 Å². The first-order chi connectivity index (χ1) is 10.1. The Hall–Kier alpha value is -1.94. The van der Waals surface area contributed by atoms with Crippen LogP contribution in [0.3, 0.4) is 0 Å². The number of fused-ring (bicyclic) bond motifs is 1. The standard InChI is InChI=1S/C17H19N3S/c1-11(2)20-17(16(18)12(3)19-20)21-15-9-8-13-6-4-5-7-14(13)10-15/h4-11H,18H2,1-3H3. The molecule has 2 N–H and O–H groups in total. The van der Waals surface area contributed by atoms with E-state index >= 15 is 0 Å². The molecular weight excluding hydrogens is 278 g/mol. The van der Waals surface area contributed by atoms with Crippen molar-refractivity contribution in [3.8, 4) is 0 Å². The molecular formula is C17H19N3S. The Labute approximate surface area is 129 Å². The van der Waals surface area contributed by atoms with Crippen molar-refractivity contribution in [1.29, 1.82) is 0 Å². The second-order valence-electron chi connectivity index (χ2n) is 5.45. The largest absolute Gasteiger partial charge is 0.395 e. The summed E-state index contributed by atoms with van der Waals surface area (Å²) >= 11 is 1.68. The predicted molar refractivity (Wildman–Crippen MR) is 89.8 cm³/mol. The molecule has 0 spiro atoms. The Morgan fingerprint density at radius 2 is 1.81 bits per heavy atom. The molecule has 3 nitrogen and oxygen atoms in total. The van der Waals surface area contributed by atoms with Crippen molar-refractivity contribution in [2.45, 2.75) is 36.7 Å². The average Bonchev–Trinajstić information content (AvgIpc) is 2.76. The zero-order chi connectivity index (χ0) is 15.0. The van der Waals surface area contributed by atoms with Gasteiger partial charge >= 0.3 is 0 Å². The highest BCUT2D eigenvalue weighted by Gasteiger charge is 2.16. The average molecular weight is 297 g/mol. The van der Waals surface area contributed by atoms with Gasteiger partial charge in [-0.1, -0.05) is 42.1 Å². The second-order valence-corrected chi connectivity index (χ2v) is 6.52. The zero-order valence-electron chi connectivity index (χ0n) is 12.5. The Kier molecular flexibility index (Phi) is 3.64. The van der Waals surface area contributed by atoms with Crippen molar-refractivity contribution in [3.63, 3.8) is 0 Å². The van der Waals surface area contributed by atoms with Gasteiger partial charge in [-0.05, 0) is 43.7 Å². The summed E-state index contributed by atoms with van der Waals surface area (Å²) in [4.78, 5) is 1.18. The number of hydrogen-bond donors (Lipinski definition) is 1. The normalized spacial score (nSPS) is 11.4. The van der Waals surface area contributed by atoms with Crippen LogP contribution < -0.4 is 5.73 Å². The molecule has 0 aliphatic carbocycles. The Balaban J connectivity index is 2.02. The summed E-state index contributed by atoms with van der Waals surface area (Å²) in [6, 6.07) is 15.2. The van der Waals surface area contributed by atoms with E-state index in [4.69, 9.17) is 5.73 Å². The molecule has 0 radical (unpaired) electrons. The van der Waals surface area contributed by atoms with Crippen molar-refractivity contribution in [3.05, 3.63) is 48.2 Å². The van der Waals surface area contributed by atoms with Crippen molar-refractivity contribution in [1.82, 2.24) is 9.78 Å². The number of nitrogen functional groups attached to an aromatic ring is 1. The summed E-state index contributed by atoms with van der Waals surface area (Å²) in [6.45, 7) is 6.20. The number of aryl methyl sites for hydroxylation is 1. The zero-order valence-corrected chi connectivity index (χ0v) is 13.3. The summed E-state index contributed by atoms with van der Waals surface area (Å²) in [7, 11) is 0. The quantitative estimate of drug-likeness (QED) is 0.764. The SMILES string of the molecule is Cc1nn(C(C)C)c(Sc2ccc3ccccc3c2)c1N. The minimum absolute atomic E-state index is 0.295. The van der Waals surface area contributed by atoms with Gasteiger partial charge in [-0.2, -0.15) is 5.10 Å². The van der Waals surface area contributed by atoms with E-state index in [9.17, 15) is 0 Å². The third-order valence-corrected chi connectivity index (χ3v) is 4.60. The summed E-state index contributed by atoms with van der Waals surface area (Å²) < 4.78 is 2.00. The minimum Gasteiger partial charge on any atom is -0.395 e. The maximum absolute atomic E-state index is 6.20. The third-order valence-electron chi connectivity index (χ3n) is 3.51. The fourth-order valence-electron chi connectivity index (χ4n) is 2.33. The first kappa shape index (κ1) is 14.0. The molecule has 2 aromatic carbocycles. The second kappa shape index (κ2) is 5.45. The number of nitrogens with zero attached hydrogens (tertiary/aromatic N) is 2. The monoisotopic (exact) mass is 297 g/mol. The van der Waals surface area contributed by atoms with Crippen LogP contribution in [0, 0.1) is 6.92 Å². The Morgan fingerprint density at radius 1 is 1.10 bits per heavy atom. The van der Waals surface area contributed by atoms with Crippen molar-refractivity contribution < 1.29 is 0 Å². The van der Waals surface area contributed by atoms with Crippen LogP contribution in [-0.2, 0) is 0 Å². The molecule has 3 aromatic rings. The van der Waals surface area contributed by atoms with E-state index in [-0.39, 0.29) is 0 Å². The van der Waals surface area contributed by atoms with Crippen molar-refractivity contribution in [2.24, 2.45) is 0 Å². The van der Waals surface area contributed by atoms with E-state index in [2.05, 4.69) is 61.4 Å². The first-order valence-corrected chi connectivity index (χ1v) is 7.89. The van der Waals surface area contributed by atoms with E-state index in [0.29, 0.717) is 6.04 Å². The topological polar surface area (TPSA) is 43.8 Å². The minimum atomic E-state index is 0.295. The lowest BCUT2D eigenvalue weighted by molar-refractivity contribution is 0.491. The predicted octanol–water partition coefficient (Wildman–Crippen LogP) is 4.66. The Morgan fingerprint density at radius 3 is 2.52 bits per heavy atom. The molecule has 0 bridgehead atoms. The maximum Gasteiger partial charge on any atom is 0.122 e. The maximum atomic E-state index is 6.20. The van der Waals surface area contributed by atoms with E-state index in [1.807, 2.05) is 11.6 Å². The molecule has 0 aliphatic heterocycles. The van der Waals surface area contributed by atoms with E-state index < -0.39 is 0 Å². The van der Waals surface area contributed by atoms with Crippen LogP contribution >= 0.6 is 11.8 Å². The highest BCUT2D eigenvalue weighted by atomic mass is 32.2. The molecule has 3 rings (SSSR count). The number of nitrogens with two attached hydrogens (primary N) is 1. The van der Waals surface area contributed by atoms with Crippen LogP contribution in [0.2, 0.25) is 0 Å². The van der Waals surface area contributed by atoms with Crippen molar-refractivity contribution in [2.75, 3.05) is 5.73 Å². The molecule has 0 atom stereocenters. The highest BCUT2D eigenvalue weighted by Crippen LogP contribution is 2.36. The van der Waals surface area contributed by atoms with Gasteiger partial charge in [0.2, 0.25) is 0 Å². The number of hydrogen-bond acceptors (Lipinski definition) is 3.